The molecule has 26 heavy (non-hydrogen) atoms. The molecule has 0 unspecified atom stereocenters. The molecule has 2 rings (SSSR count). The highest BCUT2D eigenvalue weighted by molar-refractivity contribution is 5.88. The third kappa shape index (κ3) is 6.28. The summed E-state index contributed by atoms with van der Waals surface area (Å²) < 4.78 is 0. The minimum Gasteiger partial charge on any atom is -0.329 e. The van der Waals surface area contributed by atoms with Gasteiger partial charge < -0.3 is 11.1 Å². The van der Waals surface area contributed by atoms with Crippen LogP contribution in [0.15, 0.2) is 48.5 Å². The smallest absolute Gasteiger partial charge is 0.221 e. The van der Waals surface area contributed by atoms with E-state index in [4.69, 9.17) is 5.73 Å². The topological polar surface area (TPSA) is 58.4 Å². The van der Waals surface area contributed by atoms with Crippen LogP contribution in [0.4, 0.5) is 5.69 Å². The van der Waals surface area contributed by atoms with E-state index in [-0.39, 0.29) is 11.3 Å². The molecule has 0 bridgehead atoms. The Morgan fingerprint density at radius 2 is 1.46 bits per heavy atom. The van der Waals surface area contributed by atoms with Gasteiger partial charge in [0.15, 0.2) is 0 Å². The van der Waals surface area contributed by atoms with E-state index in [9.17, 15) is 4.79 Å². The SMILES string of the molecule is CC(=O)Nc1ccc(CN(CCN)Cc2ccc(C(C)(C)C)cc2)cc1. The molecule has 3 N–H and O–H groups in total. The van der Waals surface area contributed by atoms with Crippen molar-refractivity contribution in [3.63, 3.8) is 0 Å². The largest absolute Gasteiger partial charge is 0.329 e. The van der Waals surface area contributed by atoms with Crippen LogP contribution in [0.1, 0.15) is 44.4 Å². The van der Waals surface area contributed by atoms with Gasteiger partial charge in [-0.3, -0.25) is 9.69 Å². The summed E-state index contributed by atoms with van der Waals surface area (Å²) in [5, 5.41) is 2.80. The number of nitrogens with one attached hydrogen (secondary N) is 1. The van der Waals surface area contributed by atoms with Gasteiger partial charge in [-0.1, -0.05) is 57.2 Å². The van der Waals surface area contributed by atoms with Gasteiger partial charge in [0, 0.05) is 38.8 Å². The Bertz CT molecular complexity index is 700. The van der Waals surface area contributed by atoms with Gasteiger partial charge >= 0.3 is 0 Å². The number of hydrogen-bond acceptors (Lipinski definition) is 3. The molecule has 0 aliphatic heterocycles. The third-order valence-electron chi connectivity index (χ3n) is 4.35. The van der Waals surface area contributed by atoms with Crippen LogP contribution in [0.5, 0.6) is 0 Å². The highest BCUT2D eigenvalue weighted by Gasteiger charge is 2.13. The first-order valence-electron chi connectivity index (χ1n) is 9.16. The summed E-state index contributed by atoms with van der Waals surface area (Å²) in [6, 6.07) is 16.9. The van der Waals surface area contributed by atoms with Crippen LogP contribution >= 0.6 is 0 Å². The summed E-state index contributed by atoms with van der Waals surface area (Å²) in [4.78, 5) is 13.5. The van der Waals surface area contributed by atoms with E-state index in [0.717, 1.165) is 25.3 Å². The maximum atomic E-state index is 11.1. The molecular formula is C22H31N3O. The number of benzene rings is 2. The summed E-state index contributed by atoms with van der Waals surface area (Å²) in [5.41, 5.74) is 10.7. The van der Waals surface area contributed by atoms with Crippen LogP contribution < -0.4 is 11.1 Å². The second-order valence-electron chi connectivity index (χ2n) is 7.82. The first-order chi connectivity index (χ1) is 12.3. The lowest BCUT2D eigenvalue weighted by atomic mass is 9.87. The summed E-state index contributed by atoms with van der Waals surface area (Å²) >= 11 is 0. The van der Waals surface area contributed by atoms with E-state index < -0.39 is 0 Å². The Morgan fingerprint density at radius 1 is 0.962 bits per heavy atom. The van der Waals surface area contributed by atoms with Crippen molar-refractivity contribution in [2.75, 3.05) is 18.4 Å². The van der Waals surface area contributed by atoms with Gasteiger partial charge in [-0.25, -0.2) is 0 Å². The molecule has 4 nitrogen and oxygen atoms in total. The van der Waals surface area contributed by atoms with Crippen LogP contribution in [-0.4, -0.2) is 23.9 Å². The van der Waals surface area contributed by atoms with Gasteiger partial charge in [0.2, 0.25) is 5.91 Å². The summed E-state index contributed by atoms with van der Waals surface area (Å²) in [6.07, 6.45) is 0. The van der Waals surface area contributed by atoms with E-state index in [1.54, 1.807) is 0 Å². The quantitative estimate of drug-likeness (QED) is 0.793. The van der Waals surface area contributed by atoms with E-state index in [2.05, 4.69) is 67.4 Å². The molecule has 140 valence electrons. The summed E-state index contributed by atoms with van der Waals surface area (Å²) in [7, 11) is 0. The van der Waals surface area contributed by atoms with Crippen molar-refractivity contribution >= 4 is 11.6 Å². The zero-order valence-electron chi connectivity index (χ0n) is 16.4. The van der Waals surface area contributed by atoms with Crippen LogP contribution in [0.2, 0.25) is 0 Å². The first-order valence-corrected chi connectivity index (χ1v) is 9.16. The predicted molar refractivity (Wildman–Crippen MR) is 109 cm³/mol. The molecule has 0 saturated carbocycles. The highest BCUT2D eigenvalue weighted by atomic mass is 16.1. The van der Waals surface area contributed by atoms with Crippen molar-refractivity contribution in [3.05, 3.63) is 65.2 Å². The van der Waals surface area contributed by atoms with Gasteiger partial charge in [0.05, 0.1) is 0 Å². The number of amides is 1. The molecule has 0 atom stereocenters. The van der Waals surface area contributed by atoms with Crippen LogP contribution in [0.3, 0.4) is 0 Å². The van der Waals surface area contributed by atoms with Crippen molar-refractivity contribution < 1.29 is 4.79 Å². The second kappa shape index (κ2) is 8.97. The number of rotatable bonds is 7. The Balaban J connectivity index is 2.03. The van der Waals surface area contributed by atoms with E-state index in [1.165, 1.54) is 23.6 Å². The Kier molecular flexibility index (Phi) is 6.95. The maximum Gasteiger partial charge on any atom is 0.221 e. The number of carbonyl (C=O) groups is 1. The normalized spacial score (nSPS) is 11.6. The van der Waals surface area contributed by atoms with Gasteiger partial charge in [-0.2, -0.15) is 0 Å². The van der Waals surface area contributed by atoms with Crippen LogP contribution in [0.25, 0.3) is 0 Å². The zero-order chi connectivity index (χ0) is 19.2. The standard InChI is InChI=1S/C22H31N3O/c1-17(26)24-21-11-7-19(8-12-21)16-25(14-13-23)15-18-5-9-20(10-6-18)22(2,3)4/h5-12H,13-16,23H2,1-4H3,(H,24,26). The number of hydrogen-bond donors (Lipinski definition) is 2. The molecule has 1 amide bonds. The highest BCUT2D eigenvalue weighted by Crippen LogP contribution is 2.22. The maximum absolute atomic E-state index is 11.1. The van der Waals surface area contributed by atoms with Crippen LogP contribution in [0, 0.1) is 0 Å². The van der Waals surface area contributed by atoms with E-state index in [0.29, 0.717) is 6.54 Å². The molecule has 2 aromatic rings. The van der Waals surface area contributed by atoms with Crippen molar-refractivity contribution in [1.29, 1.82) is 0 Å². The molecule has 2 aromatic carbocycles. The summed E-state index contributed by atoms with van der Waals surface area (Å²) in [6.45, 7) is 11.4. The van der Waals surface area contributed by atoms with Gasteiger partial charge in [-0.05, 0) is 34.2 Å². The lowest BCUT2D eigenvalue weighted by Gasteiger charge is -2.23. The molecule has 0 aliphatic carbocycles. The third-order valence-corrected chi connectivity index (χ3v) is 4.35. The second-order valence-corrected chi connectivity index (χ2v) is 7.82. The summed E-state index contributed by atoms with van der Waals surface area (Å²) in [5.74, 6) is -0.0544. The molecule has 0 spiro atoms. The van der Waals surface area contributed by atoms with Crippen molar-refractivity contribution in [2.24, 2.45) is 5.73 Å². The fourth-order valence-electron chi connectivity index (χ4n) is 2.92. The van der Waals surface area contributed by atoms with E-state index >= 15 is 0 Å². The molecular weight excluding hydrogens is 322 g/mol. The van der Waals surface area contributed by atoms with Crippen LogP contribution in [-0.2, 0) is 23.3 Å². The average molecular weight is 354 g/mol. The minimum absolute atomic E-state index is 0.0544. The molecule has 0 fully saturated rings. The fraction of sp³-hybridized carbons (Fsp3) is 0.409. The monoisotopic (exact) mass is 353 g/mol. The Labute approximate surface area is 157 Å². The van der Waals surface area contributed by atoms with E-state index in [1.807, 2.05) is 12.1 Å². The number of nitrogens with zero attached hydrogens (tertiary/aromatic N) is 1. The number of carbonyl (C=O) groups excluding carboxylic acids is 1. The Hall–Kier alpha value is -2.17. The number of anilines is 1. The predicted octanol–water partition coefficient (Wildman–Crippen LogP) is 3.90. The number of nitrogens with two attached hydrogens (primary N) is 1. The molecule has 4 heteroatoms. The van der Waals surface area contributed by atoms with Crippen molar-refractivity contribution in [3.8, 4) is 0 Å². The lowest BCUT2D eigenvalue weighted by molar-refractivity contribution is -0.114. The Morgan fingerprint density at radius 3 is 1.88 bits per heavy atom. The van der Waals surface area contributed by atoms with Crippen molar-refractivity contribution in [1.82, 2.24) is 4.90 Å². The van der Waals surface area contributed by atoms with Gasteiger partial charge in [0.25, 0.3) is 0 Å². The molecule has 0 aromatic heterocycles. The molecule has 0 radical (unpaired) electrons. The molecule has 0 saturated heterocycles. The van der Waals surface area contributed by atoms with Crippen molar-refractivity contribution in [2.45, 2.75) is 46.2 Å². The van der Waals surface area contributed by atoms with Gasteiger partial charge in [0.1, 0.15) is 0 Å². The van der Waals surface area contributed by atoms with Gasteiger partial charge in [-0.15, -0.1) is 0 Å². The fourth-order valence-corrected chi connectivity index (χ4v) is 2.92. The first kappa shape index (κ1) is 20.1. The molecule has 0 heterocycles. The minimum atomic E-state index is -0.0544. The zero-order valence-corrected chi connectivity index (χ0v) is 16.4. The lowest BCUT2D eigenvalue weighted by Crippen LogP contribution is -2.28. The average Bonchev–Trinajstić information content (AvgIpc) is 2.56. The molecule has 0 aliphatic rings.